The quantitative estimate of drug-likeness (QED) is 0.623. The third-order valence-electron chi connectivity index (χ3n) is 4.31. The summed E-state index contributed by atoms with van der Waals surface area (Å²) in [5, 5.41) is 6.09. The van der Waals surface area contributed by atoms with Gasteiger partial charge in [-0.1, -0.05) is 25.1 Å². The predicted octanol–water partition coefficient (Wildman–Crippen LogP) is 4.74. The number of benzene rings is 2. The number of carbonyl (C=O) groups is 1. The van der Waals surface area contributed by atoms with Crippen molar-refractivity contribution in [3.8, 4) is 5.75 Å². The maximum atomic E-state index is 12.4. The summed E-state index contributed by atoms with van der Waals surface area (Å²) in [6.07, 6.45) is 3.94. The minimum absolute atomic E-state index is 0.263. The fourth-order valence-corrected chi connectivity index (χ4v) is 2.83. The Morgan fingerprint density at radius 1 is 1.04 bits per heavy atom. The fourth-order valence-electron chi connectivity index (χ4n) is 2.83. The zero-order valence-corrected chi connectivity index (χ0v) is 16.3. The minimum atomic E-state index is -0.263. The van der Waals surface area contributed by atoms with Crippen molar-refractivity contribution < 1.29 is 9.53 Å². The van der Waals surface area contributed by atoms with Crippen LogP contribution in [-0.4, -0.2) is 22.5 Å². The van der Waals surface area contributed by atoms with Crippen LogP contribution in [0.4, 0.5) is 17.3 Å². The van der Waals surface area contributed by atoms with Gasteiger partial charge in [0.15, 0.2) is 0 Å². The average molecular weight is 376 g/mol. The molecule has 0 atom stereocenters. The van der Waals surface area contributed by atoms with E-state index in [4.69, 9.17) is 4.74 Å². The van der Waals surface area contributed by atoms with Gasteiger partial charge in [-0.3, -0.25) is 4.79 Å². The van der Waals surface area contributed by atoms with Gasteiger partial charge < -0.3 is 15.4 Å². The number of rotatable bonds is 7. The molecular formula is C22H24N4O2. The first kappa shape index (κ1) is 19.4. The van der Waals surface area contributed by atoms with Crippen molar-refractivity contribution >= 4 is 23.2 Å². The molecule has 1 heterocycles. The van der Waals surface area contributed by atoms with E-state index in [0.717, 1.165) is 23.4 Å². The molecule has 0 radical (unpaired) electrons. The summed E-state index contributed by atoms with van der Waals surface area (Å²) >= 11 is 0. The zero-order chi connectivity index (χ0) is 19.9. The third kappa shape index (κ3) is 4.65. The van der Waals surface area contributed by atoms with Gasteiger partial charge in [-0.25, -0.2) is 9.97 Å². The first-order valence-corrected chi connectivity index (χ1v) is 9.32. The molecule has 0 spiro atoms. The van der Waals surface area contributed by atoms with Crippen molar-refractivity contribution in [1.29, 1.82) is 0 Å². The summed E-state index contributed by atoms with van der Waals surface area (Å²) in [5.41, 5.74) is 4.40. The molecule has 6 nitrogen and oxygen atoms in total. The van der Waals surface area contributed by atoms with Crippen LogP contribution in [0, 0.1) is 6.92 Å². The Morgan fingerprint density at radius 3 is 2.39 bits per heavy atom. The van der Waals surface area contributed by atoms with E-state index < -0.39 is 0 Å². The highest BCUT2D eigenvalue weighted by molar-refractivity contribution is 6.03. The molecule has 0 unspecified atom stereocenters. The van der Waals surface area contributed by atoms with E-state index in [9.17, 15) is 4.79 Å². The van der Waals surface area contributed by atoms with Crippen LogP contribution < -0.4 is 15.4 Å². The number of aromatic nitrogens is 2. The molecule has 2 aromatic carbocycles. The van der Waals surface area contributed by atoms with E-state index in [1.165, 1.54) is 18.0 Å². The van der Waals surface area contributed by atoms with Crippen molar-refractivity contribution in [2.75, 3.05) is 17.2 Å². The summed E-state index contributed by atoms with van der Waals surface area (Å²) in [7, 11) is 0. The van der Waals surface area contributed by atoms with E-state index >= 15 is 0 Å². The number of anilines is 3. The molecule has 6 heteroatoms. The molecule has 144 valence electrons. The first-order chi connectivity index (χ1) is 13.6. The molecular weight excluding hydrogens is 352 g/mol. The molecule has 28 heavy (non-hydrogen) atoms. The second-order valence-electron chi connectivity index (χ2n) is 6.29. The third-order valence-corrected chi connectivity index (χ3v) is 4.31. The number of para-hydroxylation sites is 1. The smallest absolute Gasteiger partial charge is 0.258 e. The summed E-state index contributed by atoms with van der Waals surface area (Å²) in [4.78, 5) is 21.0. The average Bonchev–Trinajstić information content (AvgIpc) is 2.71. The van der Waals surface area contributed by atoms with Crippen LogP contribution in [0.1, 0.15) is 35.3 Å². The van der Waals surface area contributed by atoms with Crippen LogP contribution in [0.25, 0.3) is 0 Å². The number of hydrogen-bond donors (Lipinski definition) is 2. The number of aryl methyl sites for hydroxylation is 2. The number of carbonyl (C=O) groups excluding carboxylic acids is 1. The summed E-state index contributed by atoms with van der Waals surface area (Å²) < 4.78 is 5.40. The maximum Gasteiger partial charge on any atom is 0.258 e. The number of ether oxygens (including phenoxy) is 1. The summed E-state index contributed by atoms with van der Waals surface area (Å²) in [6, 6.07) is 13.4. The van der Waals surface area contributed by atoms with E-state index in [1.807, 2.05) is 38.1 Å². The monoisotopic (exact) mass is 376 g/mol. The molecule has 0 saturated carbocycles. The van der Waals surface area contributed by atoms with Crippen molar-refractivity contribution in [3.05, 3.63) is 71.5 Å². The Hall–Kier alpha value is -3.41. The van der Waals surface area contributed by atoms with Gasteiger partial charge in [0.1, 0.15) is 5.75 Å². The Morgan fingerprint density at radius 2 is 1.75 bits per heavy atom. The largest absolute Gasteiger partial charge is 0.494 e. The Bertz CT molecular complexity index is 938. The standard InChI is InChI=1S/C22H24N4O2/c1-4-16-8-6-7-15(3)20(16)26-22-23-13-17(14-24-22)21(27)25-18-9-11-19(12-10-18)28-5-2/h6-14H,4-5H2,1-3H3,(H,25,27)(H,23,24,26). The topological polar surface area (TPSA) is 76.1 Å². The number of nitrogens with zero attached hydrogens (tertiary/aromatic N) is 2. The molecule has 1 aromatic heterocycles. The lowest BCUT2D eigenvalue weighted by molar-refractivity contribution is 0.102. The van der Waals surface area contributed by atoms with Crippen molar-refractivity contribution in [3.63, 3.8) is 0 Å². The van der Waals surface area contributed by atoms with Gasteiger partial charge in [0, 0.05) is 23.8 Å². The summed E-state index contributed by atoms with van der Waals surface area (Å²) in [6.45, 7) is 6.68. The fraction of sp³-hybridized carbons (Fsp3) is 0.227. The molecule has 0 aliphatic heterocycles. The molecule has 2 N–H and O–H groups in total. The molecule has 0 aliphatic carbocycles. The van der Waals surface area contributed by atoms with E-state index in [1.54, 1.807) is 12.1 Å². The lowest BCUT2D eigenvalue weighted by Gasteiger charge is -2.13. The second-order valence-corrected chi connectivity index (χ2v) is 6.29. The van der Waals surface area contributed by atoms with E-state index in [0.29, 0.717) is 23.8 Å². The summed E-state index contributed by atoms with van der Waals surface area (Å²) in [5.74, 6) is 0.962. The zero-order valence-electron chi connectivity index (χ0n) is 16.3. The maximum absolute atomic E-state index is 12.4. The normalized spacial score (nSPS) is 10.4. The van der Waals surface area contributed by atoms with Gasteiger partial charge in [-0.15, -0.1) is 0 Å². The number of nitrogens with one attached hydrogen (secondary N) is 2. The van der Waals surface area contributed by atoms with Gasteiger partial charge in [0.05, 0.1) is 12.2 Å². The molecule has 0 bridgehead atoms. The van der Waals surface area contributed by atoms with Gasteiger partial charge in [-0.2, -0.15) is 0 Å². The van der Waals surface area contributed by atoms with Crippen LogP contribution in [-0.2, 0) is 6.42 Å². The van der Waals surface area contributed by atoms with Gasteiger partial charge in [-0.05, 0) is 55.7 Å². The van der Waals surface area contributed by atoms with Gasteiger partial charge in [0.2, 0.25) is 5.95 Å². The lowest BCUT2D eigenvalue weighted by atomic mass is 10.1. The van der Waals surface area contributed by atoms with Gasteiger partial charge >= 0.3 is 0 Å². The Kier molecular flexibility index (Phi) is 6.22. The minimum Gasteiger partial charge on any atom is -0.494 e. The predicted molar refractivity (Wildman–Crippen MR) is 111 cm³/mol. The van der Waals surface area contributed by atoms with Crippen LogP contribution >= 0.6 is 0 Å². The van der Waals surface area contributed by atoms with E-state index in [-0.39, 0.29) is 5.91 Å². The Labute approximate surface area is 165 Å². The highest BCUT2D eigenvalue weighted by Gasteiger charge is 2.10. The molecule has 0 aliphatic rings. The first-order valence-electron chi connectivity index (χ1n) is 9.32. The van der Waals surface area contributed by atoms with Crippen LogP contribution in [0.5, 0.6) is 5.75 Å². The Balaban J connectivity index is 1.68. The van der Waals surface area contributed by atoms with E-state index in [2.05, 4.69) is 33.6 Å². The molecule has 3 aromatic rings. The molecule has 0 saturated heterocycles. The van der Waals surface area contributed by atoms with Crippen LogP contribution in [0.2, 0.25) is 0 Å². The SMILES string of the molecule is CCOc1ccc(NC(=O)c2cnc(Nc3c(C)cccc3CC)nc2)cc1. The highest BCUT2D eigenvalue weighted by atomic mass is 16.5. The number of hydrogen-bond acceptors (Lipinski definition) is 5. The molecule has 0 fully saturated rings. The van der Waals surface area contributed by atoms with Crippen molar-refractivity contribution in [2.24, 2.45) is 0 Å². The van der Waals surface area contributed by atoms with Crippen molar-refractivity contribution in [2.45, 2.75) is 27.2 Å². The van der Waals surface area contributed by atoms with Gasteiger partial charge in [0.25, 0.3) is 5.91 Å². The second kappa shape index (κ2) is 8.99. The van der Waals surface area contributed by atoms with Crippen LogP contribution in [0.3, 0.4) is 0 Å². The number of amides is 1. The van der Waals surface area contributed by atoms with Crippen molar-refractivity contribution in [1.82, 2.24) is 9.97 Å². The molecule has 3 rings (SSSR count). The van der Waals surface area contributed by atoms with Crippen LogP contribution in [0.15, 0.2) is 54.9 Å². The lowest BCUT2D eigenvalue weighted by Crippen LogP contribution is -2.13. The highest BCUT2D eigenvalue weighted by Crippen LogP contribution is 2.23. The molecule has 1 amide bonds.